The summed E-state index contributed by atoms with van der Waals surface area (Å²) in [6, 6.07) is 23.4. The van der Waals surface area contributed by atoms with E-state index in [4.69, 9.17) is 0 Å². The monoisotopic (exact) mass is 335 g/mol. The van der Waals surface area contributed by atoms with Crippen LogP contribution in [0.5, 0.6) is 0 Å². The predicted octanol–water partition coefficient (Wildman–Crippen LogP) is 7.13. The highest BCUT2D eigenvalue weighted by molar-refractivity contribution is 5.46. The molecule has 1 heteroatoms. The second-order valence-corrected chi connectivity index (χ2v) is 6.25. The molecular weight excluding hydrogens is 302 g/mol. The minimum absolute atomic E-state index is 0.337. The number of nitriles is 1. The highest BCUT2D eigenvalue weighted by Crippen LogP contribution is 2.42. The molecule has 1 nitrogen and oxygen atoms in total. The van der Waals surface area contributed by atoms with E-state index < -0.39 is 5.41 Å². The van der Waals surface area contributed by atoms with E-state index in [0.29, 0.717) is 5.92 Å². The topological polar surface area (TPSA) is 23.8 Å². The number of nitrogens with zero attached hydrogens (tertiary/aromatic N) is 1. The van der Waals surface area contributed by atoms with Crippen molar-refractivity contribution < 1.29 is 0 Å². The third-order valence-electron chi connectivity index (χ3n) is 4.90. The first-order valence-electron chi connectivity index (χ1n) is 9.81. The van der Waals surface area contributed by atoms with E-state index in [-0.39, 0.29) is 0 Å². The first-order valence-corrected chi connectivity index (χ1v) is 9.81. The van der Waals surface area contributed by atoms with Crippen molar-refractivity contribution in [1.82, 2.24) is 0 Å². The van der Waals surface area contributed by atoms with Gasteiger partial charge in [-0.2, -0.15) is 5.26 Å². The molecule has 0 fully saturated rings. The molecule has 0 aliphatic carbocycles. The Morgan fingerprint density at radius 3 is 1.68 bits per heavy atom. The van der Waals surface area contributed by atoms with Gasteiger partial charge in [0.05, 0.1) is 6.07 Å². The standard InChI is InChI=1S/C22H27N.C2H6/c1-3-5-8-13-19(4-2)22(18-23,20-14-9-6-10-15-20)21-16-11-7-12-17-21;1-2/h6-7,9-12,14-17,19H,3-5,8,13H2,1-2H3;1-2H3. The van der Waals surface area contributed by atoms with Crippen LogP contribution in [0, 0.1) is 17.2 Å². The first kappa shape index (κ1) is 21.0. The van der Waals surface area contributed by atoms with Gasteiger partial charge in [-0.3, -0.25) is 0 Å². The van der Waals surface area contributed by atoms with Crippen molar-refractivity contribution in [2.24, 2.45) is 5.92 Å². The molecule has 0 aliphatic rings. The van der Waals surface area contributed by atoms with Crippen LogP contribution in [0.15, 0.2) is 60.7 Å². The predicted molar refractivity (Wildman–Crippen MR) is 109 cm³/mol. The highest BCUT2D eigenvalue weighted by atomic mass is 14.5. The Balaban J connectivity index is 0.00000151. The zero-order valence-electron chi connectivity index (χ0n) is 16.3. The summed E-state index contributed by atoms with van der Waals surface area (Å²) in [6.07, 6.45) is 5.76. The largest absolute Gasteiger partial charge is 0.197 e. The molecule has 0 amide bonds. The van der Waals surface area contributed by atoms with Crippen LogP contribution in [0.2, 0.25) is 0 Å². The zero-order valence-corrected chi connectivity index (χ0v) is 16.3. The van der Waals surface area contributed by atoms with Gasteiger partial charge >= 0.3 is 0 Å². The van der Waals surface area contributed by atoms with Crippen molar-refractivity contribution in [3.8, 4) is 6.07 Å². The molecule has 0 saturated carbocycles. The average molecular weight is 336 g/mol. The summed E-state index contributed by atoms with van der Waals surface area (Å²) in [5.74, 6) is 0.337. The van der Waals surface area contributed by atoms with Gasteiger partial charge < -0.3 is 0 Å². The fraction of sp³-hybridized carbons (Fsp3) is 0.458. The molecule has 0 bridgehead atoms. The zero-order chi connectivity index (χ0) is 18.5. The van der Waals surface area contributed by atoms with Crippen LogP contribution in [0.25, 0.3) is 0 Å². The van der Waals surface area contributed by atoms with Crippen LogP contribution in [-0.2, 0) is 5.41 Å². The van der Waals surface area contributed by atoms with Crippen LogP contribution in [0.1, 0.15) is 70.9 Å². The quantitative estimate of drug-likeness (QED) is 0.471. The molecule has 0 spiro atoms. The summed E-state index contributed by atoms with van der Waals surface area (Å²) >= 11 is 0. The fourth-order valence-electron chi connectivity index (χ4n) is 3.63. The summed E-state index contributed by atoms with van der Waals surface area (Å²) in [7, 11) is 0. The summed E-state index contributed by atoms with van der Waals surface area (Å²) < 4.78 is 0. The Hall–Kier alpha value is -2.07. The third-order valence-corrected chi connectivity index (χ3v) is 4.90. The first-order chi connectivity index (χ1) is 12.3. The van der Waals surface area contributed by atoms with Crippen LogP contribution >= 0.6 is 0 Å². The van der Waals surface area contributed by atoms with Gasteiger partial charge in [0, 0.05) is 0 Å². The Kier molecular flexibility index (Phi) is 9.63. The Bertz CT molecular complexity index is 570. The van der Waals surface area contributed by atoms with Gasteiger partial charge in [-0.15, -0.1) is 0 Å². The molecule has 134 valence electrons. The minimum atomic E-state index is -0.551. The highest BCUT2D eigenvalue weighted by Gasteiger charge is 2.41. The molecule has 25 heavy (non-hydrogen) atoms. The van der Waals surface area contributed by atoms with Crippen LogP contribution < -0.4 is 0 Å². The van der Waals surface area contributed by atoms with Gasteiger partial charge in [-0.05, 0) is 23.5 Å². The summed E-state index contributed by atoms with van der Waals surface area (Å²) in [4.78, 5) is 0. The second-order valence-electron chi connectivity index (χ2n) is 6.25. The lowest BCUT2D eigenvalue weighted by Gasteiger charge is -2.36. The molecular formula is C24H33N. The minimum Gasteiger partial charge on any atom is -0.197 e. The van der Waals surface area contributed by atoms with Crippen molar-refractivity contribution in [2.45, 2.75) is 65.2 Å². The molecule has 0 heterocycles. The second kappa shape index (κ2) is 11.5. The Labute approximate surface area is 154 Å². The summed E-state index contributed by atoms with van der Waals surface area (Å²) in [5.41, 5.74) is 1.69. The summed E-state index contributed by atoms with van der Waals surface area (Å²) in [5, 5.41) is 10.3. The van der Waals surface area contributed by atoms with E-state index in [9.17, 15) is 5.26 Å². The maximum Gasteiger partial charge on any atom is 0.110 e. The smallest absolute Gasteiger partial charge is 0.110 e. The van der Waals surface area contributed by atoms with Gasteiger partial charge in [0.25, 0.3) is 0 Å². The molecule has 2 aromatic carbocycles. The van der Waals surface area contributed by atoms with Crippen molar-refractivity contribution in [3.63, 3.8) is 0 Å². The maximum atomic E-state index is 10.3. The van der Waals surface area contributed by atoms with E-state index in [1.54, 1.807) is 0 Å². The van der Waals surface area contributed by atoms with E-state index in [0.717, 1.165) is 24.0 Å². The Morgan fingerprint density at radius 2 is 1.32 bits per heavy atom. The molecule has 2 rings (SSSR count). The fourth-order valence-corrected chi connectivity index (χ4v) is 3.63. The Morgan fingerprint density at radius 1 is 0.840 bits per heavy atom. The number of benzene rings is 2. The van der Waals surface area contributed by atoms with E-state index >= 15 is 0 Å². The van der Waals surface area contributed by atoms with Gasteiger partial charge in [-0.25, -0.2) is 0 Å². The van der Waals surface area contributed by atoms with Gasteiger partial charge in [0.2, 0.25) is 0 Å². The van der Waals surface area contributed by atoms with Gasteiger partial charge in [0.15, 0.2) is 0 Å². The van der Waals surface area contributed by atoms with E-state index in [1.165, 1.54) is 19.3 Å². The third kappa shape index (κ3) is 4.95. The summed E-state index contributed by atoms with van der Waals surface area (Å²) in [6.45, 7) is 8.45. The lowest BCUT2D eigenvalue weighted by atomic mass is 9.64. The molecule has 2 aromatic rings. The molecule has 0 aromatic heterocycles. The molecule has 1 atom stereocenters. The molecule has 0 N–H and O–H groups in total. The lowest BCUT2D eigenvalue weighted by Crippen LogP contribution is -2.35. The molecule has 0 aliphatic heterocycles. The molecule has 1 unspecified atom stereocenters. The van der Waals surface area contributed by atoms with E-state index in [2.05, 4.69) is 44.2 Å². The molecule has 0 radical (unpaired) electrons. The van der Waals surface area contributed by atoms with Crippen LogP contribution in [0.3, 0.4) is 0 Å². The molecule has 0 saturated heterocycles. The number of rotatable bonds is 8. The van der Waals surface area contributed by atoms with E-state index in [1.807, 2.05) is 50.2 Å². The van der Waals surface area contributed by atoms with Gasteiger partial charge in [-0.1, -0.05) is 114 Å². The number of hydrogen-bond donors (Lipinski definition) is 0. The lowest BCUT2D eigenvalue weighted by molar-refractivity contribution is 0.342. The van der Waals surface area contributed by atoms with Gasteiger partial charge in [0.1, 0.15) is 5.41 Å². The van der Waals surface area contributed by atoms with Crippen molar-refractivity contribution in [1.29, 1.82) is 5.26 Å². The number of hydrogen-bond acceptors (Lipinski definition) is 1. The van der Waals surface area contributed by atoms with Crippen molar-refractivity contribution >= 4 is 0 Å². The maximum absolute atomic E-state index is 10.3. The van der Waals surface area contributed by atoms with Crippen molar-refractivity contribution in [2.75, 3.05) is 0 Å². The van der Waals surface area contributed by atoms with Crippen molar-refractivity contribution in [3.05, 3.63) is 71.8 Å². The number of unbranched alkanes of at least 4 members (excludes halogenated alkanes) is 2. The normalized spacial score (nSPS) is 11.8. The SMILES string of the molecule is CC.CCCCCC(CC)C(C#N)(c1ccccc1)c1ccccc1. The van der Waals surface area contributed by atoms with Crippen LogP contribution in [-0.4, -0.2) is 0 Å². The van der Waals surface area contributed by atoms with Crippen LogP contribution in [0.4, 0.5) is 0 Å². The average Bonchev–Trinajstić information content (AvgIpc) is 2.71.